The van der Waals surface area contributed by atoms with Crippen LogP contribution in [0.4, 0.5) is 4.79 Å². The summed E-state index contributed by atoms with van der Waals surface area (Å²) < 4.78 is 5.62. The lowest BCUT2D eigenvalue weighted by Gasteiger charge is -2.29. The van der Waals surface area contributed by atoms with Crippen molar-refractivity contribution < 1.29 is 9.53 Å². The zero-order chi connectivity index (χ0) is 17.0. The summed E-state index contributed by atoms with van der Waals surface area (Å²) in [6.07, 6.45) is 1.81. The number of ether oxygens (including phenoxy) is 1. The highest BCUT2D eigenvalue weighted by Gasteiger charge is 2.37. The van der Waals surface area contributed by atoms with Crippen molar-refractivity contribution in [2.24, 2.45) is 0 Å². The molecule has 1 heterocycles. The number of likely N-dealkylation sites (tertiary alicyclic amines) is 1. The molecule has 0 bridgehead atoms. The van der Waals surface area contributed by atoms with Crippen LogP contribution in [0.15, 0.2) is 30.3 Å². The molecule has 4 heteroatoms. The lowest BCUT2D eigenvalue weighted by Crippen LogP contribution is -2.41. The second-order valence-electron chi connectivity index (χ2n) is 7.72. The number of nitrogens with zero attached hydrogens (tertiary/aromatic N) is 2. The number of benzene rings is 1. The highest BCUT2D eigenvalue weighted by atomic mass is 16.6. The molecule has 4 nitrogen and oxygen atoms in total. The van der Waals surface area contributed by atoms with Gasteiger partial charge >= 0.3 is 6.09 Å². The van der Waals surface area contributed by atoms with Crippen LogP contribution in [0.1, 0.15) is 45.1 Å². The zero-order valence-electron chi connectivity index (χ0n) is 15.1. The fourth-order valence-corrected chi connectivity index (χ4v) is 3.11. The lowest BCUT2D eigenvalue weighted by atomic mass is 9.95. The van der Waals surface area contributed by atoms with Gasteiger partial charge in [0.2, 0.25) is 0 Å². The molecule has 0 aromatic heterocycles. The Bertz CT molecular complexity index is 508. The van der Waals surface area contributed by atoms with Crippen LogP contribution in [-0.4, -0.2) is 54.7 Å². The number of rotatable bonds is 4. The van der Waals surface area contributed by atoms with E-state index in [9.17, 15) is 4.79 Å². The molecule has 1 saturated heterocycles. The summed E-state index contributed by atoms with van der Waals surface area (Å²) in [6, 6.07) is 10.7. The molecule has 23 heavy (non-hydrogen) atoms. The van der Waals surface area contributed by atoms with Gasteiger partial charge < -0.3 is 14.5 Å². The molecule has 1 amide bonds. The molecule has 128 valence electrons. The third-order valence-corrected chi connectivity index (χ3v) is 4.22. The van der Waals surface area contributed by atoms with Gasteiger partial charge in [-0.05, 0) is 59.8 Å². The molecule has 0 radical (unpaired) electrons. The molecule has 2 rings (SSSR count). The van der Waals surface area contributed by atoms with E-state index in [-0.39, 0.29) is 12.1 Å². The number of amides is 1. The SMILES string of the molecule is CN(C)CC[C@@H]1C[C@@H](c2ccccc2)CN1C(=O)OC(C)(C)C. The van der Waals surface area contributed by atoms with Crippen molar-refractivity contribution in [1.29, 1.82) is 0 Å². The van der Waals surface area contributed by atoms with Crippen molar-refractivity contribution in [3.05, 3.63) is 35.9 Å². The Morgan fingerprint density at radius 3 is 2.48 bits per heavy atom. The van der Waals surface area contributed by atoms with Gasteiger partial charge in [0.05, 0.1) is 0 Å². The van der Waals surface area contributed by atoms with Crippen molar-refractivity contribution in [1.82, 2.24) is 9.80 Å². The van der Waals surface area contributed by atoms with Crippen molar-refractivity contribution in [2.45, 2.75) is 51.2 Å². The van der Waals surface area contributed by atoms with Gasteiger partial charge in [-0.25, -0.2) is 4.79 Å². The van der Waals surface area contributed by atoms with Crippen molar-refractivity contribution in [3.8, 4) is 0 Å². The first-order valence-corrected chi connectivity index (χ1v) is 8.45. The van der Waals surface area contributed by atoms with E-state index in [0.29, 0.717) is 5.92 Å². The maximum Gasteiger partial charge on any atom is 0.410 e. The second kappa shape index (κ2) is 7.35. The molecule has 0 aliphatic carbocycles. The van der Waals surface area contributed by atoms with Crippen LogP contribution in [-0.2, 0) is 4.74 Å². The van der Waals surface area contributed by atoms with Crippen molar-refractivity contribution in [2.75, 3.05) is 27.2 Å². The van der Waals surface area contributed by atoms with E-state index >= 15 is 0 Å². The average Bonchev–Trinajstić information content (AvgIpc) is 2.88. The quantitative estimate of drug-likeness (QED) is 0.848. The van der Waals surface area contributed by atoms with Gasteiger partial charge in [0.25, 0.3) is 0 Å². The van der Waals surface area contributed by atoms with Crippen LogP contribution in [0.3, 0.4) is 0 Å². The third kappa shape index (κ3) is 5.24. The normalized spacial score (nSPS) is 21.7. The fourth-order valence-electron chi connectivity index (χ4n) is 3.11. The van der Waals surface area contributed by atoms with E-state index in [1.165, 1.54) is 5.56 Å². The molecule has 0 saturated carbocycles. The first-order chi connectivity index (χ1) is 10.8. The van der Waals surface area contributed by atoms with E-state index in [0.717, 1.165) is 25.9 Å². The van der Waals surface area contributed by atoms with Crippen LogP contribution in [0.25, 0.3) is 0 Å². The maximum absolute atomic E-state index is 12.6. The van der Waals surface area contributed by atoms with E-state index in [1.54, 1.807) is 0 Å². The summed E-state index contributed by atoms with van der Waals surface area (Å²) in [7, 11) is 4.14. The Morgan fingerprint density at radius 2 is 1.91 bits per heavy atom. The van der Waals surface area contributed by atoms with E-state index in [4.69, 9.17) is 4.74 Å². The molecule has 1 aromatic carbocycles. The minimum absolute atomic E-state index is 0.181. The molecule has 0 unspecified atom stereocenters. The molecule has 1 aliphatic rings. The predicted molar refractivity (Wildman–Crippen MR) is 93.7 cm³/mol. The molecule has 0 spiro atoms. The number of hydrogen-bond donors (Lipinski definition) is 0. The summed E-state index contributed by atoms with van der Waals surface area (Å²) in [6.45, 7) is 7.49. The standard InChI is InChI=1S/C19H30N2O2/c1-19(2,3)23-18(22)21-14-16(15-9-7-6-8-10-15)13-17(21)11-12-20(4)5/h6-10,16-17H,11-14H2,1-5H3/t16-,17-/m1/s1. The third-order valence-electron chi connectivity index (χ3n) is 4.22. The van der Waals surface area contributed by atoms with Gasteiger partial charge in [-0.3, -0.25) is 0 Å². The summed E-state index contributed by atoms with van der Waals surface area (Å²) in [5.41, 5.74) is 0.863. The van der Waals surface area contributed by atoms with E-state index < -0.39 is 5.60 Å². The topological polar surface area (TPSA) is 32.8 Å². The number of carbonyl (C=O) groups excluding carboxylic acids is 1. The Morgan fingerprint density at radius 1 is 1.26 bits per heavy atom. The predicted octanol–water partition coefficient (Wildman–Crippen LogP) is 3.73. The monoisotopic (exact) mass is 318 g/mol. The minimum atomic E-state index is -0.450. The molecule has 2 atom stereocenters. The highest BCUT2D eigenvalue weighted by molar-refractivity contribution is 5.69. The van der Waals surface area contributed by atoms with Gasteiger partial charge in [-0.15, -0.1) is 0 Å². The fraction of sp³-hybridized carbons (Fsp3) is 0.632. The first-order valence-electron chi connectivity index (χ1n) is 8.45. The first kappa shape index (κ1) is 17.8. The van der Waals surface area contributed by atoms with Gasteiger partial charge in [-0.1, -0.05) is 30.3 Å². The largest absolute Gasteiger partial charge is 0.444 e. The van der Waals surface area contributed by atoms with Crippen LogP contribution < -0.4 is 0 Å². The van der Waals surface area contributed by atoms with Gasteiger partial charge in [0, 0.05) is 18.5 Å². The summed E-state index contributed by atoms with van der Waals surface area (Å²) in [5.74, 6) is 0.399. The van der Waals surface area contributed by atoms with E-state index in [2.05, 4.69) is 43.3 Å². The number of hydrogen-bond acceptors (Lipinski definition) is 3. The van der Waals surface area contributed by atoms with Gasteiger partial charge in [0.15, 0.2) is 0 Å². The van der Waals surface area contributed by atoms with Crippen LogP contribution in [0.5, 0.6) is 0 Å². The lowest BCUT2D eigenvalue weighted by molar-refractivity contribution is 0.0214. The summed E-state index contributed by atoms with van der Waals surface area (Å²) in [5, 5.41) is 0. The smallest absolute Gasteiger partial charge is 0.410 e. The molecule has 1 fully saturated rings. The van der Waals surface area contributed by atoms with Gasteiger partial charge in [-0.2, -0.15) is 0 Å². The molecular formula is C19H30N2O2. The average molecular weight is 318 g/mol. The van der Waals surface area contributed by atoms with Crippen molar-refractivity contribution >= 4 is 6.09 Å². The zero-order valence-corrected chi connectivity index (χ0v) is 15.1. The Balaban J connectivity index is 2.10. The number of carbonyl (C=O) groups is 1. The Labute approximate surface area is 140 Å². The van der Waals surface area contributed by atoms with Crippen LogP contribution in [0.2, 0.25) is 0 Å². The van der Waals surface area contributed by atoms with Crippen molar-refractivity contribution in [3.63, 3.8) is 0 Å². The molecular weight excluding hydrogens is 288 g/mol. The van der Waals surface area contributed by atoms with Crippen LogP contribution in [0, 0.1) is 0 Å². The molecule has 1 aliphatic heterocycles. The van der Waals surface area contributed by atoms with E-state index in [1.807, 2.05) is 31.7 Å². The highest BCUT2D eigenvalue weighted by Crippen LogP contribution is 2.34. The molecule has 1 aromatic rings. The minimum Gasteiger partial charge on any atom is -0.444 e. The maximum atomic E-state index is 12.6. The van der Waals surface area contributed by atoms with Crippen LogP contribution >= 0.6 is 0 Å². The summed E-state index contributed by atoms with van der Waals surface area (Å²) >= 11 is 0. The Kier molecular flexibility index (Phi) is 5.69. The van der Waals surface area contributed by atoms with Gasteiger partial charge in [0.1, 0.15) is 5.60 Å². The summed E-state index contributed by atoms with van der Waals surface area (Å²) in [4.78, 5) is 16.7. The molecule has 0 N–H and O–H groups in total. The second-order valence-corrected chi connectivity index (χ2v) is 7.72. The Hall–Kier alpha value is -1.55.